The maximum Gasteiger partial charge on any atom is 0.407 e. The van der Waals surface area contributed by atoms with Crippen molar-refractivity contribution in [2.45, 2.75) is 45.6 Å². The Bertz CT molecular complexity index is 956. The highest BCUT2D eigenvalue weighted by Gasteiger charge is 2.31. The zero-order valence-electron chi connectivity index (χ0n) is 18.7. The number of carbonyl (C=O) groups excluding carboxylic acids is 2. The van der Waals surface area contributed by atoms with Gasteiger partial charge in [0.1, 0.15) is 12.6 Å². The Balaban J connectivity index is 1.61. The Hall–Kier alpha value is -3.35. The Morgan fingerprint density at radius 3 is 2.12 bits per heavy atom. The van der Waals surface area contributed by atoms with E-state index in [9.17, 15) is 19.5 Å². The number of hydrogen-bond acceptors (Lipinski definition) is 4. The molecule has 3 rings (SSSR count). The van der Waals surface area contributed by atoms with Crippen LogP contribution in [0.25, 0.3) is 11.1 Å². The van der Waals surface area contributed by atoms with Crippen molar-refractivity contribution in [1.82, 2.24) is 10.6 Å². The van der Waals surface area contributed by atoms with Gasteiger partial charge in [-0.1, -0.05) is 61.9 Å². The van der Waals surface area contributed by atoms with E-state index < -0.39 is 29.4 Å². The monoisotopic (exact) mass is 438 g/mol. The van der Waals surface area contributed by atoms with Crippen molar-refractivity contribution < 1.29 is 24.2 Å². The van der Waals surface area contributed by atoms with Gasteiger partial charge in [-0.05, 0) is 42.5 Å². The lowest BCUT2D eigenvalue weighted by atomic mass is 9.94. The molecule has 1 atom stereocenters. The predicted octanol–water partition coefficient (Wildman–Crippen LogP) is 3.92. The predicted molar refractivity (Wildman–Crippen MR) is 121 cm³/mol. The van der Waals surface area contributed by atoms with E-state index >= 15 is 0 Å². The van der Waals surface area contributed by atoms with Gasteiger partial charge in [-0.15, -0.1) is 0 Å². The number of aliphatic carboxylic acids is 1. The Morgan fingerprint density at radius 1 is 1.03 bits per heavy atom. The van der Waals surface area contributed by atoms with Crippen LogP contribution < -0.4 is 10.6 Å². The van der Waals surface area contributed by atoms with Crippen molar-refractivity contribution in [3.8, 4) is 11.1 Å². The van der Waals surface area contributed by atoms with Gasteiger partial charge in [-0.2, -0.15) is 0 Å². The standard InChI is InChI=1S/C25H30N2O5/c1-4-9-21(22(28)26-15-25(2,3)23(29)30)27-24(31)32-14-20-18-12-7-5-10-16(18)17-11-6-8-13-19(17)20/h5-8,10-13,20-21H,4,9,14-15H2,1-3H3,(H,26,28)(H,27,31)(H,29,30). The SMILES string of the molecule is CCCC(NC(=O)OCC1c2ccccc2-c2ccccc21)C(=O)NCC(C)(C)C(=O)O. The van der Waals surface area contributed by atoms with E-state index in [0.29, 0.717) is 12.8 Å². The molecular formula is C25H30N2O5. The Labute approximate surface area is 188 Å². The lowest BCUT2D eigenvalue weighted by Gasteiger charge is -2.23. The molecule has 0 aromatic heterocycles. The molecule has 0 spiro atoms. The minimum Gasteiger partial charge on any atom is -0.481 e. The third-order valence-electron chi connectivity index (χ3n) is 5.81. The normalized spacial score (nSPS) is 13.6. The number of carboxylic acid groups (broad SMARTS) is 1. The van der Waals surface area contributed by atoms with Gasteiger partial charge in [-0.25, -0.2) is 4.79 Å². The molecule has 0 aliphatic heterocycles. The average molecular weight is 439 g/mol. The van der Waals surface area contributed by atoms with Crippen LogP contribution in [-0.2, 0) is 14.3 Å². The van der Waals surface area contributed by atoms with E-state index in [-0.39, 0.29) is 19.1 Å². The average Bonchev–Trinajstić information content (AvgIpc) is 3.09. The van der Waals surface area contributed by atoms with Gasteiger partial charge >= 0.3 is 12.1 Å². The third-order valence-corrected chi connectivity index (χ3v) is 5.81. The summed E-state index contributed by atoms with van der Waals surface area (Å²) in [6.45, 7) is 5.09. The molecule has 170 valence electrons. The summed E-state index contributed by atoms with van der Waals surface area (Å²) in [6, 6.07) is 15.3. The number of nitrogens with one attached hydrogen (secondary N) is 2. The summed E-state index contributed by atoms with van der Waals surface area (Å²) in [5.74, 6) is -1.49. The van der Waals surface area contributed by atoms with Crippen LogP contribution in [0.3, 0.4) is 0 Å². The maximum atomic E-state index is 12.6. The summed E-state index contributed by atoms with van der Waals surface area (Å²) >= 11 is 0. The van der Waals surface area contributed by atoms with E-state index in [1.807, 2.05) is 43.3 Å². The molecule has 2 aromatic carbocycles. The van der Waals surface area contributed by atoms with Gasteiger partial charge in [0.15, 0.2) is 0 Å². The van der Waals surface area contributed by atoms with Crippen LogP contribution >= 0.6 is 0 Å². The lowest BCUT2D eigenvalue weighted by Crippen LogP contribution is -2.49. The molecule has 7 nitrogen and oxygen atoms in total. The number of ether oxygens (including phenoxy) is 1. The molecule has 0 saturated carbocycles. The summed E-state index contributed by atoms with van der Waals surface area (Å²) in [6.07, 6.45) is 0.422. The molecule has 3 N–H and O–H groups in total. The largest absolute Gasteiger partial charge is 0.481 e. The first-order valence-corrected chi connectivity index (χ1v) is 10.9. The Kier molecular flexibility index (Phi) is 7.18. The van der Waals surface area contributed by atoms with Gasteiger partial charge in [0.25, 0.3) is 0 Å². The van der Waals surface area contributed by atoms with Crippen molar-refractivity contribution in [3.05, 3.63) is 59.7 Å². The minimum absolute atomic E-state index is 0.0340. The van der Waals surface area contributed by atoms with Crippen molar-refractivity contribution >= 4 is 18.0 Å². The van der Waals surface area contributed by atoms with E-state index in [1.165, 1.54) is 13.8 Å². The minimum atomic E-state index is -1.10. The molecular weight excluding hydrogens is 408 g/mol. The van der Waals surface area contributed by atoms with Gasteiger partial charge in [-0.3, -0.25) is 9.59 Å². The topological polar surface area (TPSA) is 105 Å². The zero-order chi connectivity index (χ0) is 23.3. The molecule has 0 heterocycles. The first-order chi connectivity index (χ1) is 15.2. The second-order valence-corrected chi connectivity index (χ2v) is 8.72. The second-order valence-electron chi connectivity index (χ2n) is 8.72. The lowest BCUT2D eigenvalue weighted by molar-refractivity contribution is -0.146. The molecule has 0 fully saturated rings. The number of carboxylic acids is 1. The summed E-state index contributed by atoms with van der Waals surface area (Å²) < 4.78 is 5.53. The molecule has 1 aliphatic rings. The van der Waals surface area contributed by atoms with Crippen LogP contribution in [0.15, 0.2) is 48.5 Å². The molecule has 1 unspecified atom stereocenters. The fourth-order valence-electron chi connectivity index (χ4n) is 3.85. The van der Waals surface area contributed by atoms with E-state index in [4.69, 9.17) is 4.74 Å². The van der Waals surface area contributed by atoms with E-state index in [2.05, 4.69) is 22.8 Å². The molecule has 2 amide bonds. The first kappa shape index (κ1) is 23.3. The number of amides is 2. The molecule has 32 heavy (non-hydrogen) atoms. The quantitative estimate of drug-likeness (QED) is 0.550. The number of hydrogen-bond donors (Lipinski definition) is 3. The molecule has 0 radical (unpaired) electrons. The first-order valence-electron chi connectivity index (χ1n) is 10.9. The molecule has 7 heteroatoms. The van der Waals surface area contributed by atoms with Gasteiger partial charge < -0.3 is 20.5 Å². The van der Waals surface area contributed by atoms with Crippen molar-refractivity contribution in [1.29, 1.82) is 0 Å². The van der Waals surface area contributed by atoms with Gasteiger partial charge in [0.05, 0.1) is 5.41 Å². The molecule has 0 saturated heterocycles. The van der Waals surface area contributed by atoms with Crippen LogP contribution in [-0.4, -0.2) is 42.3 Å². The van der Waals surface area contributed by atoms with Crippen LogP contribution in [0.2, 0.25) is 0 Å². The zero-order valence-corrected chi connectivity index (χ0v) is 18.7. The summed E-state index contributed by atoms with van der Waals surface area (Å²) in [5.41, 5.74) is 3.40. The highest BCUT2D eigenvalue weighted by molar-refractivity contribution is 5.86. The number of rotatable bonds is 9. The van der Waals surface area contributed by atoms with E-state index in [0.717, 1.165) is 22.3 Å². The highest BCUT2D eigenvalue weighted by Crippen LogP contribution is 2.44. The van der Waals surface area contributed by atoms with E-state index in [1.54, 1.807) is 0 Å². The fourth-order valence-corrected chi connectivity index (χ4v) is 3.85. The summed E-state index contributed by atoms with van der Waals surface area (Å²) in [5, 5.41) is 14.5. The van der Waals surface area contributed by atoms with Crippen LogP contribution in [0, 0.1) is 5.41 Å². The van der Waals surface area contributed by atoms with Crippen LogP contribution in [0.4, 0.5) is 4.79 Å². The number of benzene rings is 2. The maximum absolute atomic E-state index is 12.6. The number of fused-ring (bicyclic) bond motifs is 3. The fraction of sp³-hybridized carbons (Fsp3) is 0.400. The molecule has 1 aliphatic carbocycles. The molecule has 2 aromatic rings. The number of alkyl carbamates (subject to hydrolysis) is 1. The van der Waals surface area contributed by atoms with Crippen LogP contribution in [0.5, 0.6) is 0 Å². The summed E-state index contributed by atoms with van der Waals surface area (Å²) in [4.78, 5) is 36.3. The second kappa shape index (κ2) is 9.85. The van der Waals surface area contributed by atoms with Crippen molar-refractivity contribution in [2.24, 2.45) is 5.41 Å². The highest BCUT2D eigenvalue weighted by atomic mass is 16.5. The number of carbonyl (C=O) groups is 3. The Morgan fingerprint density at radius 2 is 1.59 bits per heavy atom. The van der Waals surface area contributed by atoms with Crippen LogP contribution in [0.1, 0.15) is 50.7 Å². The summed E-state index contributed by atoms with van der Waals surface area (Å²) in [7, 11) is 0. The van der Waals surface area contributed by atoms with Gasteiger partial charge in [0.2, 0.25) is 5.91 Å². The van der Waals surface area contributed by atoms with Crippen molar-refractivity contribution in [2.75, 3.05) is 13.2 Å². The van der Waals surface area contributed by atoms with Gasteiger partial charge in [0, 0.05) is 12.5 Å². The van der Waals surface area contributed by atoms with Crippen molar-refractivity contribution in [3.63, 3.8) is 0 Å². The smallest absolute Gasteiger partial charge is 0.407 e. The molecule has 0 bridgehead atoms. The third kappa shape index (κ3) is 5.10.